The fourth-order valence-corrected chi connectivity index (χ4v) is 2.76. The zero-order chi connectivity index (χ0) is 12.9. The second kappa shape index (κ2) is 5.62. The quantitative estimate of drug-likeness (QED) is 0.770. The van der Waals surface area contributed by atoms with Crippen LogP contribution >= 0.6 is 0 Å². The van der Waals surface area contributed by atoms with E-state index in [2.05, 4.69) is 10.3 Å². The van der Waals surface area contributed by atoms with E-state index in [0.717, 1.165) is 0 Å². The Balaban J connectivity index is 2.70. The molecule has 1 amide bonds. The molecule has 0 saturated carbocycles. The van der Waals surface area contributed by atoms with Crippen LogP contribution in [0, 0.1) is 0 Å². The molecule has 0 saturated heterocycles. The van der Waals surface area contributed by atoms with Crippen LogP contribution in [0.5, 0.6) is 0 Å². The molecule has 0 bridgehead atoms. The molecule has 0 atom stereocenters. The largest absolute Gasteiger partial charge is 0.396 e. The number of pyridine rings is 1. The van der Waals surface area contributed by atoms with Crippen molar-refractivity contribution in [1.82, 2.24) is 10.3 Å². The van der Waals surface area contributed by atoms with E-state index in [1.807, 2.05) is 0 Å². The van der Waals surface area contributed by atoms with Gasteiger partial charge in [0.1, 0.15) is 0 Å². The van der Waals surface area contributed by atoms with Crippen LogP contribution in [0.4, 0.5) is 5.69 Å². The summed E-state index contributed by atoms with van der Waals surface area (Å²) in [6.07, 6.45) is 3.12. The number of carbonyl (C=O) groups excluding carboxylic acids is 1. The SMILES string of the molecule is CNC(=O)CCCS(=O)(=O)c1ccncc1N. The van der Waals surface area contributed by atoms with Crippen molar-refractivity contribution in [3.05, 3.63) is 18.5 Å². The molecule has 0 aromatic carbocycles. The first kappa shape index (κ1) is 13.4. The maximum atomic E-state index is 11.9. The molecule has 0 aliphatic heterocycles. The first-order chi connectivity index (χ1) is 7.97. The summed E-state index contributed by atoms with van der Waals surface area (Å²) in [7, 11) is -1.93. The summed E-state index contributed by atoms with van der Waals surface area (Å²) in [5, 5.41) is 2.43. The topological polar surface area (TPSA) is 102 Å². The average Bonchev–Trinajstić information content (AvgIpc) is 2.28. The first-order valence-corrected chi connectivity index (χ1v) is 6.75. The molecule has 1 aromatic rings. The highest BCUT2D eigenvalue weighted by atomic mass is 32.2. The third-order valence-corrected chi connectivity index (χ3v) is 4.11. The van der Waals surface area contributed by atoms with Crippen molar-refractivity contribution in [3.8, 4) is 0 Å². The normalized spacial score (nSPS) is 11.1. The number of carbonyl (C=O) groups is 1. The first-order valence-electron chi connectivity index (χ1n) is 5.10. The fraction of sp³-hybridized carbons (Fsp3) is 0.400. The number of rotatable bonds is 5. The predicted molar refractivity (Wildman–Crippen MR) is 64.0 cm³/mol. The molecule has 94 valence electrons. The van der Waals surface area contributed by atoms with Crippen LogP contribution in [-0.2, 0) is 14.6 Å². The summed E-state index contributed by atoms with van der Waals surface area (Å²) in [6.45, 7) is 0. The molecule has 3 N–H and O–H groups in total. The third-order valence-electron chi connectivity index (χ3n) is 2.24. The van der Waals surface area contributed by atoms with E-state index < -0.39 is 9.84 Å². The van der Waals surface area contributed by atoms with Gasteiger partial charge in [-0.25, -0.2) is 8.42 Å². The molecule has 0 aliphatic carbocycles. The second-order valence-corrected chi connectivity index (χ2v) is 5.59. The monoisotopic (exact) mass is 257 g/mol. The number of nitrogens with zero attached hydrogens (tertiary/aromatic N) is 1. The van der Waals surface area contributed by atoms with Gasteiger partial charge in [-0.15, -0.1) is 0 Å². The van der Waals surface area contributed by atoms with Crippen LogP contribution in [0.2, 0.25) is 0 Å². The molecule has 1 rings (SSSR count). The summed E-state index contributed by atoms with van der Waals surface area (Å²) in [5.41, 5.74) is 5.68. The lowest BCUT2D eigenvalue weighted by molar-refractivity contribution is -0.120. The third kappa shape index (κ3) is 3.70. The Morgan fingerprint density at radius 1 is 1.53 bits per heavy atom. The van der Waals surface area contributed by atoms with Crippen molar-refractivity contribution in [2.45, 2.75) is 17.7 Å². The van der Waals surface area contributed by atoms with E-state index in [1.54, 1.807) is 0 Å². The molecule has 6 nitrogen and oxygen atoms in total. The number of nitrogen functional groups attached to an aromatic ring is 1. The zero-order valence-corrected chi connectivity index (χ0v) is 10.3. The van der Waals surface area contributed by atoms with Crippen LogP contribution in [0.3, 0.4) is 0 Å². The smallest absolute Gasteiger partial charge is 0.219 e. The van der Waals surface area contributed by atoms with Crippen LogP contribution in [0.1, 0.15) is 12.8 Å². The molecule has 0 aliphatic rings. The van der Waals surface area contributed by atoms with Crippen molar-refractivity contribution >= 4 is 21.4 Å². The summed E-state index contributed by atoms with van der Waals surface area (Å²) in [6, 6.07) is 1.37. The highest BCUT2D eigenvalue weighted by molar-refractivity contribution is 7.91. The standard InChI is InChI=1S/C10H15N3O3S/c1-12-10(14)3-2-6-17(15,16)9-4-5-13-7-8(9)11/h4-5,7H,2-3,6,11H2,1H3,(H,12,14). The van der Waals surface area contributed by atoms with Gasteiger partial charge in [0.15, 0.2) is 9.84 Å². The van der Waals surface area contributed by atoms with Crippen molar-refractivity contribution < 1.29 is 13.2 Å². The number of anilines is 1. The lowest BCUT2D eigenvalue weighted by Gasteiger charge is -2.06. The van der Waals surface area contributed by atoms with Crippen LogP contribution in [0.25, 0.3) is 0 Å². The summed E-state index contributed by atoms with van der Waals surface area (Å²) in [5.74, 6) is -0.280. The molecule has 17 heavy (non-hydrogen) atoms. The van der Waals surface area contributed by atoms with Crippen LogP contribution in [-0.4, -0.2) is 32.1 Å². The van der Waals surface area contributed by atoms with Crippen molar-refractivity contribution in [3.63, 3.8) is 0 Å². The number of amides is 1. The van der Waals surface area contributed by atoms with Crippen molar-refractivity contribution in [1.29, 1.82) is 0 Å². The Bertz CT molecular complexity index is 499. The Hall–Kier alpha value is -1.63. The number of sulfone groups is 1. The van der Waals surface area contributed by atoms with Gasteiger partial charge in [0.25, 0.3) is 0 Å². The molecule has 1 heterocycles. The van der Waals surface area contributed by atoms with E-state index in [9.17, 15) is 13.2 Å². The lowest BCUT2D eigenvalue weighted by Crippen LogP contribution is -2.19. The molecule has 0 unspecified atom stereocenters. The highest BCUT2D eigenvalue weighted by Crippen LogP contribution is 2.18. The summed E-state index contributed by atoms with van der Waals surface area (Å²) in [4.78, 5) is 14.8. The molecular formula is C10H15N3O3S. The van der Waals surface area contributed by atoms with E-state index in [0.29, 0.717) is 0 Å². The minimum atomic E-state index is -3.44. The minimum absolute atomic E-state index is 0.0735. The van der Waals surface area contributed by atoms with Gasteiger partial charge < -0.3 is 11.1 Å². The van der Waals surface area contributed by atoms with Crippen molar-refractivity contribution in [2.75, 3.05) is 18.5 Å². The van der Waals surface area contributed by atoms with Gasteiger partial charge in [-0.2, -0.15) is 0 Å². The zero-order valence-electron chi connectivity index (χ0n) is 9.51. The van der Waals surface area contributed by atoms with Gasteiger partial charge in [0.2, 0.25) is 5.91 Å². The van der Waals surface area contributed by atoms with E-state index in [-0.39, 0.29) is 35.1 Å². The van der Waals surface area contributed by atoms with Crippen molar-refractivity contribution in [2.24, 2.45) is 0 Å². The van der Waals surface area contributed by atoms with Gasteiger partial charge in [0, 0.05) is 19.7 Å². The lowest BCUT2D eigenvalue weighted by atomic mass is 10.3. The van der Waals surface area contributed by atoms with Gasteiger partial charge >= 0.3 is 0 Å². The molecule has 0 spiro atoms. The average molecular weight is 257 g/mol. The van der Waals surface area contributed by atoms with Gasteiger partial charge in [-0.05, 0) is 12.5 Å². The van der Waals surface area contributed by atoms with Crippen LogP contribution in [0.15, 0.2) is 23.4 Å². The Labute approximate surface area is 100 Å². The molecule has 0 fully saturated rings. The molecule has 7 heteroatoms. The second-order valence-electron chi connectivity index (χ2n) is 3.51. The number of nitrogens with one attached hydrogen (secondary N) is 1. The number of hydrogen-bond donors (Lipinski definition) is 2. The van der Waals surface area contributed by atoms with Gasteiger partial charge in [-0.1, -0.05) is 0 Å². The summed E-state index contributed by atoms with van der Waals surface area (Å²) >= 11 is 0. The van der Waals surface area contributed by atoms with E-state index in [1.165, 1.54) is 25.5 Å². The molecule has 1 aromatic heterocycles. The fourth-order valence-electron chi connectivity index (χ4n) is 1.33. The number of nitrogens with two attached hydrogens (primary N) is 1. The van der Waals surface area contributed by atoms with E-state index >= 15 is 0 Å². The van der Waals surface area contributed by atoms with Gasteiger partial charge in [0.05, 0.1) is 22.5 Å². The molecule has 0 radical (unpaired) electrons. The maximum absolute atomic E-state index is 11.9. The maximum Gasteiger partial charge on any atom is 0.219 e. The Morgan fingerprint density at radius 3 is 2.82 bits per heavy atom. The van der Waals surface area contributed by atoms with E-state index in [4.69, 9.17) is 5.73 Å². The van der Waals surface area contributed by atoms with Gasteiger partial charge in [-0.3, -0.25) is 9.78 Å². The Kier molecular flexibility index (Phi) is 4.45. The summed E-state index contributed by atoms with van der Waals surface area (Å²) < 4.78 is 23.8. The Morgan fingerprint density at radius 2 is 2.24 bits per heavy atom. The molecular weight excluding hydrogens is 242 g/mol. The number of aromatic nitrogens is 1. The highest BCUT2D eigenvalue weighted by Gasteiger charge is 2.17. The predicted octanol–water partition coefficient (Wildman–Crippen LogP) is -0.0363. The minimum Gasteiger partial charge on any atom is -0.396 e. The number of hydrogen-bond acceptors (Lipinski definition) is 5. The van der Waals surface area contributed by atoms with Crippen LogP contribution < -0.4 is 11.1 Å².